The Morgan fingerprint density at radius 3 is 2.70 bits per heavy atom. The summed E-state index contributed by atoms with van der Waals surface area (Å²) in [7, 11) is 0. The lowest BCUT2D eigenvalue weighted by Crippen LogP contribution is -2.39. The highest BCUT2D eigenvalue weighted by Gasteiger charge is 2.38. The topological polar surface area (TPSA) is 26.0 Å². The molecule has 0 aliphatic heterocycles. The van der Waals surface area contributed by atoms with Crippen molar-refractivity contribution in [1.29, 1.82) is 0 Å². The summed E-state index contributed by atoms with van der Waals surface area (Å²) in [5.74, 6) is -0.817. The molecule has 1 aliphatic rings. The molecule has 0 aromatic heterocycles. The van der Waals surface area contributed by atoms with E-state index in [1.807, 2.05) is 0 Å². The van der Waals surface area contributed by atoms with Crippen LogP contribution in [0.15, 0.2) is 24.1 Å². The van der Waals surface area contributed by atoms with Crippen LogP contribution in [0.3, 0.4) is 0 Å². The van der Waals surface area contributed by atoms with Crippen LogP contribution >= 0.6 is 22.6 Å². The van der Waals surface area contributed by atoms with Crippen LogP contribution in [0.5, 0.6) is 0 Å². The van der Waals surface area contributed by atoms with Gasteiger partial charge in [0.25, 0.3) is 0 Å². The highest BCUT2D eigenvalue weighted by molar-refractivity contribution is 14.1. The van der Waals surface area contributed by atoms with E-state index in [-0.39, 0.29) is 0 Å². The molecule has 0 saturated carbocycles. The lowest BCUT2D eigenvalue weighted by Gasteiger charge is -2.23. The first-order valence-corrected chi connectivity index (χ1v) is 3.81. The third-order valence-corrected chi connectivity index (χ3v) is 2.53. The first kappa shape index (κ1) is 8.13. The lowest BCUT2D eigenvalue weighted by atomic mass is 10.1. The first-order chi connectivity index (χ1) is 4.55. The third kappa shape index (κ3) is 1.22. The predicted octanol–water partition coefficient (Wildman–Crippen LogP) is 1.84. The highest BCUT2D eigenvalue weighted by Crippen LogP contribution is 2.36. The molecule has 0 aromatic carbocycles. The molecule has 0 heterocycles. The number of rotatable bonds is 0. The highest BCUT2D eigenvalue weighted by atomic mass is 127. The molecule has 2 atom stereocenters. The molecule has 0 spiro atoms. The summed E-state index contributed by atoms with van der Waals surface area (Å²) in [6, 6.07) is -0.877. The number of hydrogen-bond acceptors (Lipinski definition) is 1. The Kier molecular flexibility index (Phi) is 2.10. The van der Waals surface area contributed by atoms with Crippen LogP contribution < -0.4 is 5.73 Å². The fourth-order valence-electron chi connectivity index (χ4n) is 0.651. The quantitative estimate of drug-likeness (QED) is 0.520. The molecule has 56 valence electrons. The van der Waals surface area contributed by atoms with Gasteiger partial charge in [-0.25, -0.2) is 8.78 Å². The zero-order valence-electron chi connectivity index (χ0n) is 5.02. The Morgan fingerprint density at radius 2 is 2.30 bits per heavy atom. The molecule has 0 bridgehead atoms. The molecule has 2 N–H and O–H groups in total. The van der Waals surface area contributed by atoms with Crippen LogP contribution in [0.4, 0.5) is 8.78 Å². The Hall–Kier alpha value is 0.0300. The van der Waals surface area contributed by atoms with E-state index in [1.165, 1.54) is 34.7 Å². The zero-order valence-corrected chi connectivity index (χ0v) is 7.18. The van der Waals surface area contributed by atoms with Gasteiger partial charge < -0.3 is 5.73 Å². The molecule has 4 heteroatoms. The Balaban J connectivity index is 2.93. The van der Waals surface area contributed by atoms with E-state index in [0.717, 1.165) is 6.08 Å². The molecular formula is C6H6F2IN. The number of alkyl halides is 2. The maximum absolute atomic E-state index is 13.0. The fourth-order valence-corrected chi connectivity index (χ4v) is 1.04. The van der Waals surface area contributed by atoms with Gasteiger partial charge in [-0.2, -0.15) is 0 Å². The monoisotopic (exact) mass is 257 g/mol. The largest absolute Gasteiger partial charge is 0.321 e. The van der Waals surface area contributed by atoms with Crippen LogP contribution in [0.1, 0.15) is 0 Å². The van der Waals surface area contributed by atoms with Crippen LogP contribution in [0.25, 0.3) is 0 Å². The van der Waals surface area contributed by atoms with E-state index >= 15 is 0 Å². The lowest BCUT2D eigenvalue weighted by molar-refractivity contribution is 0.281. The first-order valence-electron chi connectivity index (χ1n) is 2.73. The Morgan fingerprint density at radius 1 is 1.70 bits per heavy atom. The number of allylic oxidation sites excluding steroid dienone is 2. The second kappa shape index (κ2) is 2.58. The van der Waals surface area contributed by atoms with Gasteiger partial charge in [0, 0.05) is 0 Å². The molecule has 2 unspecified atom stereocenters. The summed E-state index contributed by atoms with van der Waals surface area (Å²) in [5, 5.41) is 0. The molecule has 0 amide bonds. The fraction of sp³-hybridized carbons (Fsp3) is 0.333. The summed E-state index contributed by atoms with van der Waals surface area (Å²) in [5.41, 5.74) is 5.25. The normalized spacial score (nSPS) is 39.6. The summed E-state index contributed by atoms with van der Waals surface area (Å²) < 4.78 is 23.5. The maximum Gasteiger partial charge on any atom is 0.230 e. The Labute approximate surface area is 71.1 Å². The van der Waals surface area contributed by atoms with Gasteiger partial charge in [-0.15, -0.1) is 0 Å². The second-order valence-electron chi connectivity index (χ2n) is 2.05. The van der Waals surface area contributed by atoms with Crippen molar-refractivity contribution in [2.24, 2.45) is 5.73 Å². The molecule has 0 aromatic rings. The molecule has 1 rings (SSSR count). The van der Waals surface area contributed by atoms with Gasteiger partial charge in [0.2, 0.25) is 3.68 Å². The molecule has 1 nitrogen and oxygen atoms in total. The minimum absolute atomic E-state index is 0.817. The smallest absolute Gasteiger partial charge is 0.230 e. The van der Waals surface area contributed by atoms with Gasteiger partial charge in [0.05, 0.1) is 6.04 Å². The van der Waals surface area contributed by atoms with Gasteiger partial charge in [0.15, 0.2) is 0 Å². The van der Waals surface area contributed by atoms with Crippen LogP contribution in [-0.4, -0.2) is 9.72 Å². The molecule has 1 aliphatic carbocycles. The van der Waals surface area contributed by atoms with Crippen molar-refractivity contribution in [3.05, 3.63) is 24.1 Å². The summed E-state index contributed by atoms with van der Waals surface area (Å²) >= 11 is 1.36. The van der Waals surface area contributed by atoms with Gasteiger partial charge >= 0.3 is 0 Å². The summed E-state index contributed by atoms with van der Waals surface area (Å²) in [6.07, 6.45) is 3.92. The van der Waals surface area contributed by atoms with Crippen LogP contribution in [0.2, 0.25) is 0 Å². The van der Waals surface area contributed by atoms with Crippen LogP contribution in [0, 0.1) is 0 Å². The average molecular weight is 257 g/mol. The van der Waals surface area contributed by atoms with E-state index in [1.54, 1.807) is 0 Å². The summed E-state index contributed by atoms with van der Waals surface area (Å²) in [4.78, 5) is 0. The zero-order chi connectivity index (χ0) is 7.78. The van der Waals surface area contributed by atoms with Crippen molar-refractivity contribution in [3.8, 4) is 0 Å². The van der Waals surface area contributed by atoms with E-state index in [9.17, 15) is 8.78 Å². The second-order valence-corrected chi connectivity index (χ2v) is 3.62. The summed E-state index contributed by atoms with van der Waals surface area (Å²) in [6.45, 7) is 0. The minimum Gasteiger partial charge on any atom is -0.321 e. The van der Waals surface area contributed by atoms with Gasteiger partial charge in [-0.1, -0.05) is 12.2 Å². The van der Waals surface area contributed by atoms with E-state index in [2.05, 4.69) is 0 Å². The Bertz CT molecular complexity index is 198. The molecule has 0 radical (unpaired) electrons. The van der Waals surface area contributed by atoms with Crippen molar-refractivity contribution in [2.75, 3.05) is 0 Å². The van der Waals surface area contributed by atoms with Gasteiger partial charge in [0.1, 0.15) is 5.83 Å². The van der Waals surface area contributed by atoms with Crippen molar-refractivity contribution in [2.45, 2.75) is 9.72 Å². The SMILES string of the molecule is NC1C=CC=C(F)C1(F)I. The predicted molar refractivity (Wildman–Crippen MR) is 44.2 cm³/mol. The van der Waals surface area contributed by atoms with E-state index < -0.39 is 15.5 Å². The van der Waals surface area contributed by atoms with Crippen molar-refractivity contribution < 1.29 is 8.78 Å². The average Bonchev–Trinajstić information content (AvgIpc) is 1.84. The van der Waals surface area contributed by atoms with E-state index in [4.69, 9.17) is 5.73 Å². The van der Waals surface area contributed by atoms with E-state index in [0.29, 0.717) is 0 Å². The number of halogens is 3. The molecule has 10 heavy (non-hydrogen) atoms. The maximum atomic E-state index is 13.0. The van der Waals surface area contributed by atoms with Crippen molar-refractivity contribution in [1.82, 2.24) is 0 Å². The number of hydrogen-bond donors (Lipinski definition) is 1. The van der Waals surface area contributed by atoms with Crippen LogP contribution in [-0.2, 0) is 0 Å². The molecule has 0 saturated heterocycles. The van der Waals surface area contributed by atoms with Crippen molar-refractivity contribution in [3.63, 3.8) is 0 Å². The molecule has 0 fully saturated rings. The minimum atomic E-state index is -2.05. The van der Waals surface area contributed by atoms with Gasteiger partial charge in [-0.05, 0) is 28.7 Å². The van der Waals surface area contributed by atoms with Crippen molar-refractivity contribution >= 4 is 22.6 Å². The standard InChI is InChI=1S/C6H6F2IN/c7-4-2-1-3-5(10)6(4,8)9/h1-3,5H,10H2. The third-order valence-electron chi connectivity index (χ3n) is 1.30. The van der Waals surface area contributed by atoms with Gasteiger partial charge in [-0.3, -0.25) is 0 Å². The molecular weight excluding hydrogens is 251 g/mol. The number of nitrogens with two attached hydrogens (primary N) is 1.